The second-order valence-electron chi connectivity index (χ2n) is 4.81. The molecule has 2 nitrogen and oxygen atoms in total. The molecule has 2 aromatic carbocycles. The van der Waals surface area contributed by atoms with Gasteiger partial charge in [-0.2, -0.15) is 0 Å². The molecule has 1 atom stereocenters. The third-order valence-corrected chi connectivity index (χ3v) is 3.36. The normalized spacial score (nSPS) is 12.5. The highest BCUT2D eigenvalue weighted by Gasteiger charge is 2.13. The molecule has 0 aliphatic heterocycles. The fourth-order valence-electron chi connectivity index (χ4n) is 2.12. The van der Waals surface area contributed by atoms with Crippen molar-refractivity contribution in [2.75, 3.05) is 0 Å². The maximum atomic E-state index is 11.0. The van der Waals surface area contributed by atoms with Crippen LogP contribution in [0, 0.1) is 0 Å². The fourth-order valence-corrected chi connectivity index (χ4v) is 2.12. The van der Waals surface area contributed by atoms with Crippen LogP contribution in [0.15, 0.2) is 54.6 Å². The standard InChI is InChI=1S/C18H18O2/c1-3-5-14-6-4-7-17(12-14)16-10-8-15(9-11-16)13(2)18(19)20/h3-13H,1-2H3,(H,19,20)/b5-3+. The van der Waals surface area contributed by atoms with Crippen molar-refractivity contribution in [1.29, 1.82) is 0 Å². The van der Waals surface area contributed by atoms with Gasteiger partial charge in [0.2, 0.25) is 0 Å². The summed E-state index contributed by atoms with van der Waals surface area (Å²) in [6.45, 7) is 3.69. The molecule has 0 amide bonds. The first kappa shape index (κ1) is 14.1. The van der Waals surface area contributed by atoms with Gasteiger partial charge in [-0.05, 0) is 42.2 Å². The van der Waals surface area contributed by atoms with Crippen LogP contribution < -0.4 is 0 Å². The summed E-state index contributed by atoms with van der Waals surface area (Å²) in [6, 6.07) is 16.0. The number of aliphatic carboxylic acids is 1. The number of hydrogen-bond donors (Lipinski definition) is 1. The lowest BCUT2D eigenvalue weighted by atomic mass is 9.97. The summed E-state index contributed by atoms with van der Waals surface area (Å²) < 4.78 is 0. The Hall–Kier alpha value is -2.35. The van der Waals surface area contributed by atoms with Crippen molar-refractivity contribution in [3.8, 4) is 11.1 Å². The zero-order chi connectivity index (χ0) is 14.5. The molecular weight excluding hydrogens is 248 g/mol. The van der Waals surface area contributed by atoms with E-state index in [0.29, 0.717) is 0 Å². The molecular formula is C18H18O2. The Labute approximate surface area is 119 Å². The van der Waals surface area contributed by atoms with Crippen LogP contribution in [0.4, 0.5) is 0 Å². The second kappa shape index (κ2) is 6.20. The van der Waals surface area contributed by atoms with Gasteiger partial charge in [0.15, 0.2) is 0 Å². The SMILES string of the molecule is C/C=C/c1cccc(-c2ccc(C(C)C(=O)O)cc2)c1. The third-order valence-electron chi connectivity index (χ3n) is 3.36. The smallest absolute Gasteiger partial charge is 0.310 e. The first-order valence-electron chi connectivity index (χ1n) is 6.67. The maximum absolute atomic E-state index is 11.0. The molecule has 0 aliphatic rings. The van der Waals surface area contributed by atoms with Crippen LogP contribution in [-0.2, 0) is 4.79 Å². The number of carboxylic acids is 1. The van der Waals surface area contributed by atoms with E-state index in [-0.39, 0.29) is 0 Å². The zero-order valence-corrected chi connectivity index (χ0v) is 11.7. The Kier molecular flexibility index (Phi) is 4.36. The summed E-state index contributed by atoms with van der Waals surface area (Å²) in [5, 5.41) is 9.01. The molecule has 102 valence electrons. The highest BCUT2D eigenvalue weighted by Crippen LogP contribution is 2.24. The number of carbonyl (C=O) groups is 1. The van der Waals surface area contributed by atoms with E-state index < -0.39 is 11.9 Å². The van der Waals surface area contributed by atoms with Gasteiger partial charge in [0.1, 0.15) is 0 Å². The van der Waals surface area contributed by atoms with Gasteiger partial charge >= 0.3 is 5.97 Å². The predicted octanol–water partition coefficient (Wildman–Crippen LogP) is 4.57. The van der Waals surface area contributed by atoms with Crippen molar-refractivity contribution in [3.63, 3.8) is 0 Å². The molecule has 0 aliphatic carbocycles. The number of rotatable bonds is 4. The Bertz CT molecular complexity index is 624. The molecule has 1 N–H and O–H groups in total. The molecule has 0 fully saturated rings. The number of benzene rings is 2. The molecule has 2 heteroatoms. The topological polar surface area (TPSA) is 37.3 Å². The molecule has 0 radical (unpaired) electrons. The van der Waals surface area contributed by atoms with Crippen molar-refractivity contribution >= 4 is 12.0 Å². The van der Waals surface area contributed by atoms with E-state index in [1.165, 1.54) is 0 Å². The van der Waals surface area contributed by atoms with E-state index >= 15 is 0 Å². The van der Waals surface area contributed by atoms with Crippen LogP contribution >= 0.6 is 0 Å². The predicted molar refractivity (Wildman–Crippen MR) is 82.6 cm³/mol. The van der Waals surface area contributed by atoms with Gasteiger partial charge in [-0.15, -0.1) is 0 Å². The van der Waals surface area contributed by atoms with Crippen molar-refractivity contribution in [2.45, 2.75) is 19.8 Å². The first-order valence-corrected chi connectivity index (χ1v) is 6.67. The summed E-state index contributed by atoms with van der Waals surface area (Å²) >= 11 is 0. The Balaban J connectivity index is 2.30. The van der Waals surface area contributed by atoms with E-state index in [1.54, 1.807) is 6.92 Å². The second-order valence-corrected chi connectivity index (χ2v) is 4.81. The van der Waals surface area contributed by atoms with Gasteiger partial charge in [-0.3, -0.25) is 4.79 Å². The highest BCUT2D eigenvalue weighted by molar-refractivity contribution is 5.76. The maximum Gasteiger partial charge on any atom is 0.310 e. The number of hydrogen-bond acceptors (Lipinski definition) is 1. The van der Waals surface area contributed by atoms with Crippen molar-refractivity contribution in [3.05, 3.63) is 65.7 Å². The Morgan fingerprint density at radius 1 is 1.10 bits per heavy atom. The lowest BCUT2D eigenvalue weighted by Crippen LogP contribution is -2.06. The molecule has 2 rings (SSSR count). The van der Waals surface area contributed by atoms with Gasteiger partial charge in [0.05, 0.1) is 5.92 Å². The first-order chi connectivity index (χ1) is 9.61. The zero-order valence-electron chi connectivity index (χ0n) is 11.7. The van der Waals surface area contributed by atoms with E-state index in [4.69, 9.17) is 5.11 Å². The lowest BCUT2D eigenvalue weighted by Gasteiger charge is -2.08. The Morgan fingerprint density at radius 2 is 1.80 bits per heavy atom. The van der Waals surface area contributed by atoms with E-state index in [0.717, 1.165) is 22.3 Å². The van der Waals surface area contributed by atoms with Crippen LogP contribution in [0.1, 0.15) is 30.9 Å². The molecule has 0 heterocycles. The fraction of sp³-hybridized carbons (Fsp3) is 0.167. The van der Waals surface area contributed by atoms with Gasteiger partial charge < -0.3 is 5.11 Å². The summed E-state index contributed by atoms with van der Waals surface area (Å²) in [4.78, 5) is 11.0. The molecule has 0 saturated carbocycles. The number of allylic oxidation sites excluding steroid dienone is 1. The van der Waals surface area contributed by atoms with E-state index in [2.05, 4.69) is 24.3 Å². The molecule has 0 saturated heterocycles. The van der Waals surface area contributed by atoms with Crippen molar-refractivity contribution < 1.29 is 9.90 Å². The van der Waals surface area contributed by atoms with Gasteiger partial charge in [-0.25, -0.2) is 0 Å². The molecule has 20 heavy (non-hydrogen) atoms. The van der Waals surface area contributed by atoms with Crippen molar-refractivity contribution in [1.82, 2.24) is 0 Å². The van der Waals surface area contributed by atoms with Gasteiger partial charge in [-0.1, -0.05) is 54.6 Å². The van der Waals surface area contributed by atoms with Crippen LogP contribution in [0.3, 0.4) is 0 Å². The Morgan fingerprint density at radius 3 is 2.40 bits per heavy atom. The van der Waals surface area contributed by atoms with Gasteiger partial charge in [0.25, 0.3) is 0 Å². The average molecular weight is 266 g/mol. The van der Waals surface area contributed by atoms with Crippen LogP contribution in [0.5, 0.6) is 0 Å². The highest BCUT2D eigenvalue weighted by atomic mass is 16.4. The van der Waals surface area contributed by atoms with Crippen LogP contribution in [-0.4, -0.2) is 11.1 Å². The molecule has 0 aromatic heterocycles. The molecule has 0 spiro atoms. The minimum absolute atomic E-state index is 0.474. The summed E-state index contributed by atoms with van der Waals surface area (Å²) in [6.07, 6.45) is 4.07. The average Bonchev–Trinajstić information content (AvgIpc) is 2.47. The van der Waals surface area contributed by atoms with E-state index in [1.807, 2.05) is 43.3 Å². The summed E-state index contributed by atoms with van der Waals surface area (Å²) in [5.74, 6) is -1.27. The summed E-state index contributed by atoms with van der Waals surface area (Å²) in [7, 11) is 0. The minimum atomic E-state index is -0.798. The quantitative estimate of drug-likeness (QED) is 0.879. The lowest BCUT2D eigenvalue weighted by molar-refractivity contribution is -0.138. The monoisotopic (exact) mass is 266 g/mol. The molecule has 2 aromatic rings. The van der Waals surface area contributed by atoms with Crippen molar-refractivity contribution in [2.24, 2.45) is 0 Å². The number of carboxylic acid groups (broad SMARTS) is 1. The molecule has 0 bridgehead atoms. The van der Waals surface area contributed by atoms with Crippen LogP contribution in [0.25, 0.3) is 17.2 Å². The minimum Gasteiger partial charge on any atom is -0.481 e. The van der Waals surface area contributed by atoms with E-state index in [9.17, 15) is 4.79 Å². The largest absolute Gasteiger partial charge is 0.481 e. The summed E-state index contributed by atoms with van der Waals surface area (Å²) in [5.41, 5.74) is 4.21. The third kappa shape index (κ3) is 3.15. The van der Waals surface area contributed by atoms with Gasteiger partial charge in [0, 0.05) is 0 Å². The molecule has 1 unspecified atom stereocenters. The van der Waals surface area contributed by atoms with Crippen LogP contribution in [0.2, 0.25) is 0 Å².